The van der Waals surface area contributed by atoms with Crippen LogP contribution in [0.2, 0.25) is 0 Å². The number of methoxy groups -OCH3 is 1. The number of nitrogens with one attached hydrogen (secondary N) is 3. The molecule has 1 aromatic rings. The Balaban J connectivity index is 2.96. The van der Waals surface area contributed by atoms with Gasteiger partial charge in [0.2, 0.25) is 5.91 Å². The standard InChI is InChI=1S/C14H21N3O3/c1-9(8-15-2)13(18)17-11-7-10(14(19)16-3)5-6-12(11)20-4/h5-7,9,15H,8H2,1-4H3,(H,16,19)(H,17,18). The number of hydrogen-bond donors (Lipinski definition) is 3. The highest BCUT2D eigenvalue weighted by Crippen LogP contribution is 2.26. The summed E-state index contributed by atoms with van der Waals surface area (Å²) in [6.45, 7) is 2.39. The molecule has 0 spiro atoms. The molecule has 1 rings (SSSR count). The topological polar surface area (TPSA) is 79.5 Å². The van der Waals surface area contributed by atoms with Crippen LogP contribution in [0.5, 0.6) is 5.75 Å². The van der Waals surface area contributed by atoms with Crippen LogP contribution in [0.3, 0.4) is 0 Å². The normalized spacial score (nSPS) is 11.6. The van der Waals surface area contributed by atoms with Gasteiger partial charge in [-0.2, -0.15) is 0 Å². The lowest BCUT2D eigenvalue weighted by Crippen LogP contribution is -2.29. The first-order valence-corrected chi connectivity index (χ1v) is 6.39. The second kappa shape index (κ2) is 7.49. The quantitative estimate of drug-likeness (QED) is 0.721. The molecule has 0 bridgehead atoms. The van der Waals surface area contributed by atoms with Gasteiger partial charge in [0.05, 0.1) is 12.8 Å². The molecule has 110 valence electrons. The molecule has 20 heavy (non-hydrogen) atoms. The van der Waals surface area contributed by atoms with E-state index in [2.05, 4.69) is 16.0 Å². The van der Waals surface area contributed by atoms with Crippen LogP contribution in [-0.4, -0.2) is 39.6 Å². The number of rotatable bonds is 6. The zero-order valence-electron chi connectivity index (χ0n) is 12.2. The van der Waals surface area contributed by atoms with Crippen molar-refractivity contribution in [1.82, 2.24) is 10.6 Å². The molecule has 1 aromatic carbocycles. The molecule has 0 heterocycles. The number of carbonyl (C=O) groups is 2. The number of anilines is 1. The van der Waals surface area contributed by atoms with E-state index in [1.165, 1.54) is 7.11 Å². The van der Waals surface area contributed by atoms with Crippen LogP contribution in [0.15, 0.2) is 18.2 Å². The first-order chi connectivity index (χ1) is 9.53. The number of hydrogen-bond acceptors (Lipinski definition) is 4. The van der Waals surface area contributed by atoms with Crippen molar-refractivity contribution in [2.75, 3.05) is 33.1 Å². The molecule has 0 saturated heterocycles. The fourth-order valence-electron chi connectivity index (χ4n) is 1.75. The molecule has 3 N–H and O–H groups in total. The summed E-state index contributed by atoms with van der Waals surface area (Å²) in [5.74, 6) is -0.0193. The molecule has 0 radical (unpaired) electrons. The third-order valence-electron chi connectivity index (χ3n) is 2.90. The number of carbonyl (C=O) groups excluding carboxylic acids is 2. The Labute approximate surface area is 118 Å². The minimum atomic E-state index is -0.216. The first kappa shape index (κ1) is 16.0. The summed E-state index contributed by atoms with van der Waals surface area (Å²) in [6, 6.07) is 4.90. The summed E-state index contributed by atoms with van der Waals surface area (Å²) in [6.07, 6.45) is 0. The van der Waals surface area contributed by atoms with E-state index in [0.717, 1.165) is 0 Å². The van der Waals surface area contributed by atoms with Crippen LogP contribution < -0.4 is 20.7 Å². The van der Waals surface area contributed by atoms with Crippen LogP contribution in [-0.2, 0) is 4.79 Å². The number of benzene rings is 1. The highest BCUT2D eigenvalue weighted by molar-refractivity contribution is 5.98. The fraction of sp³-hybridized carbons (Fsp3) is 0.429. The molecule has 1 atom stereocenters. The number of ether oxygens (including phenoxy) is 1. The van der Waals surface area contributed by atoms with Crippen molar-refractivity contribution in [3.05, 3.63) is 23.8 Å². The van der Waals surface area contributed by atoms with E-state index in [1.54, 1.807) is 32.3 Å². The highest BCUT2D eigenvalue weighted by Gasteiger charge is 2.15. The molecule has 2 amide bonds. The molecule has 6 heteroatoms. The summed E-state index contributed by atoms with van der Waals surface area (Å²) >= 11 is 0. The summed E-state index contributed by atoms with van der Waals surface area (Å²) in [4.78, 5) is 23.6. The lowest BCUT2D eigenvalue weighted by atomic mass is 10.1. The van der Waals surface area contributed by atoms with Crippen LogP contribution in [0.25, 0.3) is 0 Å². The monoisotopic (exact) mass is 279 g/mol. The van der Waals surface area contributed by atoms with Gasteiger partial charge in [0.25, 0.3) is 5.91 Å². The van der Waals surface area contributed by atoms with E-state index >= 15 is 0 Å². The Bertz CT molecular complexity index is 489. The van der Waals surface area contributed by atoms with E-state index in [1.807, 2.05) is 6.92 Å². The minimum Gasteiger partial charge on any atom is -0.495 e. The molecule has 0 saturated carbocycles. The van der Waals surface area contributed by atoms with Crippen LogP contribution >= 0.6 is 0 Å². The SMILES string of the molecule is CNCC(C)C(=O)Nc1cc(C(=O)NC)ccc1OC. The molecular weight excluding hydrogens is 258 g/mol. The third-order valence-corrected chi connectivity index (χ3v) is 2.90. The predicted molar refractivity (Wildman–Crippen MR) is 78.1 cm³/mol. The molecule has 0 aliphatic carbocycles. The zero-order valence-corrected chi connectivity index (χ0v) is 12.2. The molecule has 0 aliphatic heterocycles. The highest BCUT2D eigenvalue weighted by atomic mass is 16.5. The van der Waals surface area contributed by atoms with Gasteiger partial charge in [-0.05, 0) is 25.2 Å². The van der Waals surface area contributed by atoms with Crippen molar-refractivity contribution >= 4 is 17.5 Å². The van der Waals surface area contributed by atoms with Crippen molar-refractivity contribution in [2.45, 2.75) is 6.92 Å². The Kier molecular flexibility index (Phi) is 5.99. The van der Waals surface area contributed by atoms with Crippen LogP contribution in [0.4, 0.5) is 5.69 Å². The molecule has 0 aromatic heterocycles. The maximum atomic E-state index is 12.0. The fourth-order valence-corrected chi connectivity index (χ4v) is 1.75. The Morgan fingerprint density at radius 2 is 2.00 bits per heavy atom. The van der Waals surface area contributed by atoms with E-state index in [9.17, 15) is 9.59 Å². The smallest absolute Gasteiger partial charge is 0.251 e. The van der Waals surface area contributed by atoms with Crippen molar-refractivity contribution in [2.24, 2.45) is 5.92 Å². The zero-order chi connectivity index (χ0) is 15.1. The van der Waals surface area contributed by atoms with Crippen molar-refractivity contribution in [3.63, 3.8) is 0 Å². The van der Waals surface area contributed by atoms with E-state index < -0.39 is 0 Å². The van der Waals surface area contributed by atoms with Gasteiger partial charge >= 0.3 is 0 Å². The van der Waals surface area contributed by atoms with Crippen LogP contribution in [0.1, 0.15) is 17.3 Å². The summed E-state index contributed by atoms with van der Waals surface area (Å²) in [5.41, 5.74) is 0.950. The lowest BCUT2D eigenvalue weighted by Gasteiger charge is -2.15. The Morgan fingerprint density at radius 3 is 2.55 bits per heavy atom. The summed E-state index contributed by atoms with van der Waals surface area (Å²) in [7, 11) is 4.86. The Hall–Kier alpha value is -2.08. The maximum absolute atomic E-state index is 12.0. The second-order valence-electron chi connectivity index (χ2n) is 4.44. The van der Waals surface area contributed by atoms with E-state index in [-0.39, 0.29) is 17.7 Å². The van der Waals surface area contributed by atoms with Crippen molar-refractivity contribution in [1.29, 1.82) is 0 Å². The molecular formula is C14H21N3O3. The van der Waals surface area contributed by atoms with Gasteiger partial charge in [-0.3, -0.25) is 9.59 Å². The maximum Gasteiger partial charge on any atom is 0.251 e. The molecule has 0 fully saturated rings. The third kappa shape index (κ3) is 3.96. The second-order valence-corrected chi connectivity index (χ2v) is 4.44. The van der Waals surface area contributed by atoms with Gasteiger partial charge in [-0.15, -0.1) is 0 Å². The summed E-state index contributed by atoms with van der Waals surface area (Å²) in [5, 5.41) is 8.27. The number of amides is 2. The average Bonchev–Trinajstić information content (AvgIpc) is 2.46. The molecule has 0 aliphatic rings. The Morgan fingerprint density at radius 1 is 1.30 bits per heavy atom. The lowest BCUT2D eigenvalue weighted by molar-refractivity contribution is -0.119. The van der Waals surface area contributed by atoms with E-state index in [0.29, 0.717) is 23.5 Å². The van der Waals surface area contributed by atoms with Gasteiger partial charge in [0.15, 0.2) is 0 Å². The predicted octanol–water partition coefficient (Wildman–Crippen LogP) is 0.849. The van der Waals surface area contributed by atoms with E-state index in [4.69, 9.17) is 4.74 Å². The first-order valence-electron chi connectivity index (χ1n) is 6.39. The average molecular weight is 279 g/mol. The van der Waals surface area contributed by atoms with Crippen LogP contribution in [0, 0.1) is 5.92 Å². The van der Waals surface area contributed by atoms with Crippen molar-refractivity contribution < 1.29 is 14.3 Å². The van der Waals surface area contributed by atoms with Crippen molar-refractivity contribution in [3.8, 4) is 5.75 Å². The minimum absolute atomic E-state index is 0.133. The van der Waals surface area contributed by atoms with Gasteiger partial charge in [-0.1, -0.05) is 6.92 Å². The summed E-state index contributed by atoms with van der Waals surface area (Å²) < 4.78 is 5.19. The van der Waals surface area contributed by atoms with Gasteiger partial charge < -0.3 is 20.7 Å². The molecule has 1 unspecified atom stereocenters. The van der Waals surface area contributed by atoms with Gasteiger partial charge in [-0.25, -0.2) is 0 Å². The van der Waals surface area contributed by atoms with Gasteiger partial charge in [0.1, 0.15) is 5.75 Å². The largest absolute Gasteiger partial charge is 0.495 e. The molecule has 6 nitrogen and oxygen atoms in total. The van der Waals surface area contributed by atoms with Gasteiger partial charge in [0, 0.05) is 25.1 Å².